The summed E-state index contributed by atoms with van der Waals surface area (Å²) in [7, 11) is 6.40. The number of amidine groups is 1. The molecule has 1 N–H and O–H groups in total. The number of hydrogen-bond donors (Lipinski definition) is 1. The van der Waals surface area contributed by atoms with Gasteiger partial charge in [0.25, 0.3) is 0 Å². The Morgan fingerprint density at radius 1 is 1.21 bits per heavy atom. The summed E-state index contributed by atoms with van der Waals surface area (Å²) in [4.78, 5) is 12.1. The Morgan fingerprint density at radius 2 is 2.00 bits per heavy atom. The number of likely N-dealkylation sites (N-methyl/N-ethyl adjacent to an activating group) is 2. The van der Waals surface area contributed by atoms with Gasteiger partial charge in [0.05, 0.1) is 30.0 Å². The standard InChI is InChI=1S/C33H48N6/c1-8-26-16-25(21-37(5)6)10-9-11-28(26)20-35-19-24-12-13-27(18-34)29(17-24)30-14-15-31-32(36-30)38(7)23-39(31)22-33(2,3)4/h9,11-13,15-17,26,28,30,35H,8,10,14,19-23H2,1-7H3. The van der Waals surface area contributed by atoms with Crippen molar-refractivity contribution < 1.29 is 0 Å². The number of nitrogens with zero attached hydrogens (tertiary/aromatic N) is 5. The molecule has 0 bridgehead atoms. The number of nitriles is 1. The van der Waals surface area contributed by atoms with Crippen molar-refractivity contribution in [3.63, 3.8) is 0 Å². The Hall–Kier alpha value is -2.88. The smallest absolute Gasteiger partial charge is 0.149 e. The molecule has 6 heteroatoms. The highest BCUT2D eigenvalue weighted by Gasteiger charge is 2.34. The average molecular weight is 529 g/mol. The van der Waals surface area contributed by atoms with Crippen LogP contribution in [0.3, 0.4) is 0 Å². The Bertz CT molecular complexity index is 1180. The summed E-state index contributed by atoms with van der Waals surface area (Å²) in [6.45, 7) is 13.8. The van der Waals surface area contributed by atoms with E-state index >= 15 is 0 Å². The molecule has 6 nitrogen and oxygen atoms in total. The number of rotatable bonds is 9. The molecule has 1 fully saturated rings. The van der Waals surface area contributed by atoms with Gasteiger partial charge in [-0.2, -0.15) is 5.26 Å². The van der Waals surface area contributed by atoms with Gasteiger partial charge in [-0.05, 0) is 67.8 Å². The number of allylic oxidation sites excluding steroid dienone is 2. The molecule has 1 aliphatic carbocycles. The molecule has 3 atom stereocenters. The number of nitrogens with one attached hydrogen (secondary N) is 1. The van der Waals surface area contributed by atoms with Crippen LogP contribution in [-0.2, 0) is 6.54 Å². The molecule has 210 valence electrons. The lowest BCUT2D eigenvalue weighted by atomic mass is 9.89. The fourth-order valence-electron chi connectivity index (χ4n) is 6.13. The number of dihydropyridines is 1. The van der Waals surface area contributed by atoms with Crippen LogP contribution in [0.25, 0.3) is 0 Å². The summed E-state index contributed by atoms with van der Waals surface area (Å²) in [6, 6.07) is 8.68. The van der Waals surface area contributed by atoms with E-state index < -0.39 is 0 Å². The highest BCUT2D eigenvalue weighted by atomic mass is 15.4. The van der Waals surface area contributed by atoms with Gasteiger partial charge in [-0.15, -0.1) is 0 Å². The summed E-state index contributed by atoms with van der Waals surface area (Å²) < 4.78 is 0. The predicted octanol–water partition coefficient (Wildman–Crippen LogP) is 5.72. The van der Waals surface area contributed by atoms with Crippen LogP contribution in [0, 0.1) is 28.6 Å². The summed E-state index contributed by atoms with van der Waals surface area (Å²) in [5, 5.41) is 13.6. The molecule has 3 unspecified atom stereocenters. The molecule has 2 heterocycles. The Labute approximate surface area is 236 Å². The van der Waals surface area contributed by atoms with Crippen LogP contribution in [0.5, 0.6) is 0 Å². The fourth-order valence-corrected chi connectivity index (χ4v) is 6.13. The van der Waals surface area contributed by atoms with E-state index in [1.165, 1.54) is 16.8 Å². The Balaban J connectivity index is 1.44. The van der Waals surface area contributed by atoms with Crippen molar-refractivity contribution in [1.29, 1.82) is 5.26 Å². The van der Waals surface area contributed by atoms with Crippen LogP contribution in [0.1, 0.15) is 69.7 Å². The van der Waals surface area contributed by atoms with E-state index in [9.17, 15) is 5.26 Å². The molecule has 0 saturated carbocycles. The first-order valence-electron chi connectivity index (χ1n) is 14.6. The predicted molar refractivity (Wildman–Crippen MR) is 162 cm³/mol. The second kappa shape index (κ2) is 12.5. The highest BCUT2D eigenvalue weighted by molar-refractivity contribution is 6.00. The fraction of sp³-hybridized carbons (Fsp3) is 0.576. The molecular weight excluding hydrogens is 480 g/mol. The molecule has 1 saturated heterocycles. The summed E-state index contributed by atoms with van der Waals surface area (Å²) in [6.07, 6.45) is 12.6. The van der Waals surface area contributed by atoms with Crippen LogP contribution in [0.4, 0.5) is 0 Å². The molecule has 0 radical (unpaired) electrons. The van der Waals surface area contributed by atoms with E-state index in [-0.39, 0.29) is 11.5 Å². The van der Waals surface area contributed by atoms with Gasteiger partial charge in [0.15, 0.2) is 0 Å². The minimum atomic E-state index is -0.0232. The molecule has 3 aliphatic rings. The van der Waals surface area contributed by atoms with Gasteiger partial charge >= 0.3 is 0 Å². The van der Waals surface area contributed by atoms with Gasteiger partial charge in [0.1, 0.15) is 5.84 Å². The summed E-state index contributed by atoms with van der Waals surface area (Å²) in [5.74, 6) is 2.10. The lowest BCUT2D eigenvalue weighted by Crippen LogP contribution is -2.31. The average Bonchev–Trinajstić information content (AvgIpc) is 3.05. The maximum absolute atomic E-state index is 9.89. The second-order valence-corrected chi connectivity index (χ2v) is 13.0. The molecule has 1 aromatic rings. The third kappa shape index (κ3) is 7.41. The molecule has 1 aromatic carbocycles. The highest BCUT2D eigenvalue weighted by Crippen LogP contribution is 2.35. The van der Waals surface area contributed by atoms with Gasteiger partial charge in [-0.1, -0.05) is 69.7 Å². The lowest BCUT2D eigenvalue weighted by molar-refractivity contribution is 0.222. The number of hydrogen-bond acceptors (Lipinski definition) is 6. The van der Waals surface area contributed by atoms with Crippen LogP contribution < -0.4 is 5.32 Å². The summed E-state index contributed by atoms with van der Waals surface area (Å²) in [5.41, 5.74) is 5.96. The topological polar surface area (TPSA) is 57.9 Å². The lowest BCUT2D eigenvalue weighted by Gasteiger charge is -2.29. The van der Waals surface area contributed by atoms with E-state index in [2.05, 4.69) is 111 Å². The van der Waals surface area contributed by atoms with Crippen LogP contribution >= 0.6 is 0 Å². The van der Waals surface area contributed by atoms with Gasteiger partial charge in [-0.3, -0.25) is 4.99 Å². The van der Waals surface area contributed by atoms with E-state index in [0.29, 0.717) is 11.8 Å². The number of fused-ring (bicyclic) bond motifs is 1. The largest absolute Gasteiger partial charge is 0.351 e. The zero-order valence-electron chi connectivity index (χ0n) is 25.2. The van der Waals surface area contributed by atoms with E-state index in [0.717, 1.165) is 69.1 Å². The van der Waals surface area contributed by atoms with Crippen LogP contribution in [-0.4, -0.2) is 68.0 Å². The molecule has 39 heavy (non-hydrogen) atoms. The van der Waals surface area contributed by atoms with Gasteiger partial charge in [-0.25, -0.2) is 0 Å². The normalized spacial score (nSPS) is 23.3. The van der Waals surface area contributed by atoms with Crippen molar-refractivity contribution in [2.45, 2.75) is 59.5 Å². The molecular formula is C33H48N6. The minimum absolute atomic E-state index is 0.0232. The van der Waals surface area contributed by atoms with Crippen molar-refractivity contribution in [2.24, 2.45) is 22.2 Å². The molecule has 2 aliphatic heterocycles. The molecule has 4 rings (SSSR count). The van der Waals surface area contributed by atoms with Crippen LogP contribution in [0.15, 0.2) is 58.8 Å². The Kier molecular flexibility index (Phi) is 9.35. The monoisotopic (exact) mass is 528 g/mol. The number of benzene rings is 1. The molecule has 0 amide bonds. The zero-order valence-corrected chi connectivity index (χ0v) is 25.2. The van der Waals surface area contributed by atoms with E-state index in [4.69, 9.17) is 4.99 Å². The third-order valence-corrected chi connectivity index (χ3v) is 7.85. The van der Waals surface area contributed by atoms with Gasteiger partial charge in [0.2, 0.25) is 0 Å². The summed E-state index contributed by atoms with van der Waals surface area (Å²) >= 11 is 0. The van der Waals surface area contributed by atoms with E-state index in [1.807, 2.05) is 6.07 Å². The van der Waals surface area contributed by atoms with Gasteiger partial charge < -0.3 is 20.0 Å². The number of aliphatic imine (C=N–C) groups is 1. The van der Waals surface area contributed by atoms with Crippen molar-refractivity contribution in [2.75, 3.05) is 47.4 Å². The molecule has 0 spiro atoms. The first kappa shape index (κ1) is 29.1. The minimum Gasteiger partial charge on any atom is -0.351 e. The SMILES string of the molecule is CCC1C=C(CN(C)C)CC=CC1CNCc1ccc(C#N)c(C2CC=C3C(=N2)N(C)CN3CC(C)(C)C)c1. The first-order chi connectivity index (χ1) is 18.6. The zero-order chi connectivity index (χ0) is 28.2. The van der Waals surface area contributed by atoms with Crippen molar-refractivity contribution in [1.82, 2.24) is 20.0 Å². The van der Waals surface area contributed by atoms with Crippen molar-refractivity contribution in [3.8, 4) is 6.07 Å². The maximum Gasteiger partial charge on any atom is 0.149 e. The van der Waals surface area contributed by atoms with Crippen molar-refractivity contribution >= 4 is 5.84 Å². The van der Waals surface area contributed by atoms with Crippen LogP contribution in [0.2, 0.25) is 0 Å². The third-order valence-electron chi connectivity index (χ3n) is 7.85. The van der Waals surface area contributed by atoms with Gasteiger partial charge in [0, 0.05) is 33.2 Å². The quantitative estimate of drug-likeness (QED) is 0.416. The first-order valence-corrected chi connectivity index (χ1v) is 14.6. The second-order valence-electron chi connectivity index (χ2n) is 13.0. The van der Waals surface area contributed by atoms with Crippen molar-refractivity contribution in [3.05, 3.63) is 70.5 Å². The maximum atomic E-state index is 9.89. The van der Waals surface area contributed by atoms with E-state index in [1.54, 1.807) is 0 Å². The molecule has 0 aromatic heterocycles. The Morgan fingerprint density at radius 3 is 2.69 bits per heavy atom.